The number of aromatic nitrogens is 2. The molecule has 2 aliphatic heterocycles. The maximum atomic E-state index is 13.7. The number of hydrogen-bond acceptors (Lipinski definition) is 13. The molecule has 228 valence electrons. The van der Waals surface area contributed by atoms with Crippen LogP contribution < -0.4 is 5.56 Å². The highest BCUT2D eigenvalue weighted by atomic mass is 32.2. The van der Waals surface area contributed by atoms with E-state index in [2.05, 4.69) is 14.3 Å². The van der Waals surface area contributed by atoms with Crippen molar-refractivity contribution in [2.75, 3.05) is 25.7 Å². The minimum absolute atomic E-state index is 0.00968. The summed E-state index contributed by atoms with van der Waals surface area (Å²) in [7, 11) is -7.86. The third-order valence-corrected chi connectivity index (χ3v) is 8.82. The maximum absolute atomic E-state index is 13.7. The third kappa shape index (κ3) is 5.15. The summed E-state index contributed by atoms with van der Waals surface area (Å²) in [5.74, 6) is -1.12. The molecular formula is C25H25N5O11S2. The van der Waals surface area contributed by atoms with Gasteiger partial charge in [0, 0.05) is 16.5 Å². The van der Waals surface area contributed by atoms with Gasteiger partial charge in [0.25, 0.3) is 15.7 Å². The Morgan fingerprint density at radius 2 is 1.93 bits per heavy atom. The van der Waals surface area contributed by atoms with Crippen molar-refractivity contribution in [3.63, 3.8) is 0 Å². The van der Waals surface area contributed by atoms with Gasteiger partial charge in [-0.2, -0.15) is 17.9 Å². The van der Waals surface area contributed by atoms with E-state index < -0.39 is 73.2 Å². The Bertz CT molecular complexity index is 2020. The van der Waals surface area contributed by atoms with Gasteiger partial charge in [-0.15, -0.1) is 0 Å². The summed E-state index contributed by atoms with van der Waals surface area (Å²) in [5, 5.41) is 28.3. The standard InChI is InChI=1S/C25H25N5O11S2/c1-4-25(33)19-17(13-40-24(25)32)23(31)28-12-16-15(11-26-29(42(2,36)37)9-10-41-43(3,38)39)14-7-5-6-8-18(14)27-20(16)22(28)21(19)30(34)35/h5-8,11,33H,4,9-10,12-13H2,1-3H3/t25-/m0/s1. The zero-order valence-corrected chi connectivity index (χ0v) is 24.6. The molecule has 2 aliphatic rings. The van der Waals surface area contributed by atoms with Crippen LogP contribution in [0.4, 0.5) is 5.69 Å². The number of carbonyl (C=O) groups is 1. The van der Waals surface area contributed by atoms with Crippen LogP contribution in [-0.4, -0.2) is 78.7 Å². The monoisotopic (exact) mass is 635 g/mol. The van der Waals surface area contributed by atoms with Crippen molar-refractivity contribution in [3.05, 3.63) is 67.0 Å². The zero-order chi connectivity index (χ0) is 31.5. The van der Waals surface area contributed by atoms with Crippen molar-refractivity contribution in [2.45, 2.75) is 32.1 Å². The van der Waals surface area contributed by atoms with Crippen LogP contribution in [0.2, 0.25) is 0 Å². The van der Waals surface area contributed by atoms with Crippen LogP contribution in [0.1, 0.15) is 35.6 Å². The Kier molecular flexibility index (Phi) is 7.36. The number of para-hydroxylation sites is 1. The molecule has 0 radical (unpaired) electrons. The highest BCUT2D eigenvalue weighted by Gasteiger charge is 2.52. The van der Waals surface area contributed by atoms with Crippen LogP contribution in [0, 0.1) is 10.1 Å². The number of carbonyl (C=O) groups excluding carboxylic acids is 1. The molecule has 0 spiro atoms. The number of fused-ring (bicyclic) bond motifs is 5. The van der Waals surface area contributed by atoms with Crippen molar-refractivity contribution in [1.29, 1.82) is 0 Å². The number of esters is 1. The SMILES string of the molecule is CC[C@@]1(O)C(=O)OCc2c1c([N+](=O)[O-])c1n(c2=O)Cc2c-1nc1ccccc1c2C=NN(CCOS(C)(=O)=O)S(C)(=O)=O. The molecule has 0 saturated carbocycles. The number of pyridine rings is 2. The molecule has 3 aromatic rings. The molecule has 1 aromatic carbocycles. The van der Waals surface area contributed by atoms with E-state index in [1.807, 2.05) is 0 Å². The molecule has 1 atom stereocenters. The topological polar surface area (TPSA) is 218 Å². The quantitative estimate of drug-likeness (QED) is 0.0877. The average molecular weight is 636 g/mol. The molecule has 0 amide bonds. The van der Waals surface area contributed by atoms with Crippen LogP contribution in [0.5, 0.6) is 0 Å². The van der Waals surface area contributed by atoms with Crippen LogP contribution in [0.3, 0.4) is 0 Å². The second-order valence-corrected chi connectivity index (χ2v) is 13.5. The zero-order valence-electron chi connectivity index (χ0n) is 23.0. The van der Waals surface area contributed by atoms with E-state index in [9.17, 15) is 41.6 Å². The van der Waals surface area contributed by atoms with Crippen molar-refractivity contribution >= 4 is 48.9 Å². The van der Waals surface area contributed by atoms with E-state index in [0.29, 0.717) is 15.3 Å². The van der Waals surface area contributed by atoms with Crippen LogP contribution in [0.15, 0.2) is 34.2 Å². The predicted molar refractivity (Wildman–Crippen MR) is 151 cm³/mol. The van der Waals surface area contributed by atoms with Crippen LogP contribution in [-0.2, 0) is 52.6 Å². The number of sulfonamides is 1. The Labute approximate surface area is 244 Å². The van der Waals surface area contributed by atoms with Crippen molar-refractivity contribution in [1.82, 2.24) is 14.0 Å². The molecule has 43 heavy (non-hydrogen) atoms. The molecule has 5 rings (SSSR count). The third-order valence-electron chi connectivity index (χ3n) is 7.19. The van der Waals surface area contributed by atoms with E-state index in [0.717, 1.165) is 17.1 Å². The summed E-state index contributed by atoms with van der Waals surface area (Å²) in [5.41, 5.74) is -3.84. The van der Waals surface area contributed by atoms with E-state index in [1.54, 1.807) is 24.3 Å². The minimum atomic E-state index is -4.00. The van der Waals surface area contributed by atoms with Crippen LogP contribution in [0.25, 0.3) is 22.3 Å². The molecule has 0 fully saturated rings. The predicted octanol–water partition coefficient (Wildman–Crippen LogP) is 0.559. The molecule has 0 aliphatic carbocycles. The summed E-state index contributed by atoms with van der Waals surface area (Å²) < 4.78 is 58.9. The number of hydrazone groups is 1. The summed E-state index contributed by atoms with van der Waals surface area (Å²) in [4.78, 5) is 42.7. The maximum Gasteiger partial charge on any atom is 0.343 e. The van der Waals surface area contributed by atoms with Gasteiger partial charge < -0.3 is 9.84 Å². The second kappa shape index (κ2) is 10.5. The number of nitrogens with zero attached hydrogens (tertiary/aromatic N) is 5. The molecular weight excluding hydrogens is 610 g/mol. The smallest absolute Gasteiger partial charge is 0.343 e. The number of cyclic esters (lactones) is 1. The van der Waals surface area contributed by atoms with Gasteiger partial charge in [-0.05, 0) is 12.5 Å². The van der Waals surface area contributed by atoms with E-state index in [4.69, 9.17) is 4.74 Å². The van der Waals surface area contributed by atoms with E-state index in [1.165, 1.54) is 13.1 Å². The second-order valence-electron chi connectivity index (χ2n) is 9.94. The van der Waals surface area contributed by atoms with Gasteiger partial charge in [0.1, 0.15) is 18.0 Å². The van der Waals surface area contributed by atoms with Crippen molar-refractivity contribution in [2.24, 2.45) is 5.10 Å². The summed E-state index contributed by atoms with van der Waals surface area (Å²) in [6.07, 6.45) is 2.56. The number of benzene rings is 1. The van der Waals surface area contributed by atoms with Gasteiger partial charge in [0.15, 0.2) is 5.60 Å². The Hall–Kier alpha value is -4.26. The average Bonchev–Trinajstić information content (AvgIpc) is 3.30. The molecule has 0 bridgehead atoms. The van der Waals surface area contributed by atoms with Gasteiger partial charge in [-0.25, -0.2) is 18.2 Å². The number of hydrogen-bond donors (Lipinski definition) is 1. The van der Waals surface area contributed by atoms with Crippen LogP contribution >= 0.6 is 0 Å². The van der Waals surface area contributed by atoms with Crippen molar-refractivity contribution < 1.29 is 40.6 Å². The summed E-state index contributed by atoms with van der Waals surface area (Å²) >= 11 is 0. The van der Waals surface area contributed by atoms with Gasteiger partial charge in [-0.1, -0.05) is 25.1 Å². The van der Waals surface area contributed by atoms with Gasteiger partial charge in [0.2, 0.25) is 10.0 Å². The molecule has 18 heteroatoms. The summed E-state index contributed by atoms with van der Waals surface area (Å²) in [6.45, 7) is -0.346. The lowest BCUT2D eigenvalue weighted by Gasteiger charge is -2.31. The van der Waals surface area contributed by atoms with Gasteiger partial charge in [0.05, 0.1) is 60.0 Å². The molecule has 16 nitrogen and oxygen atoms in total. The molecule has 2 aromatic heterocycles. The molecule has 1 N–H and O–H groups in total. The lowest BCUT2D eigenvalue weighted by atomic mass is 9.84. The first-order valence-electron chi connectivity index (χ1n) is 12.7. The number of aliphatic hydroxyl groups is 1. The fourth-order valence-corrected chi connectivity index (χ4v) is 6.23. The van der Waals surface area contributed by atoms with E-state index >= 15 is 0 Å². The van der Waals surface area contributed by atoms with E-state index in [-0.39, 0.29) is 41.0 Å². The first-order chi connectivity index (χ1) is 20.1. The first-order valence-corrected chi connectivity index (χ1v) is 16.4. The highest BCUT2D eigenvalue weighted by molar-refractivity contribution is 7.88. The number of nitro groups is 1. The first kappa shape index (κ1) is 30.2. The lowest BCUT2D eigenvalue weighted by molar-refractivity contribution is -0.386. The number of ether oxygens (including phenoxy) is 1. The Balaban J connectivity index is 1.76. The largest absolute Gasteiger partial charge is 0.458 e. The molecule has 4 heterocycles. The molecule has 0 unspecified atom stereocenters. The van der Waals surface area contributed by atoms with Gasteiger partial charge in [-0.3, -0.25) is 23.7 Å². The van der Waals surface area contributed by atoms with Crippen molar-refractivity contribution in [3.8, 4) is 11.4 Å². The van der Waals surface area contributed by atoms with Gasteiger partial charge >= 0.3 is 11.7 Å². The minimum Gasteiger partial charge on any atom is -0.458 e. The Morgan fingerprint density at radius 3 is 2.56 bits per heavy atom. The lowest BCUT2D eigenvalue weighted by Crippen LogP contribution is -2.45. The Morgan fingerprint density at radius 1 is 1.23 bits per heavy atom. The summed E-state index contributed by atoms with van der Waals surface area (Å²) in [6, 6.07) is 6.60. The molecule has 0 saturated heterocycles. The highest BCUT2D eigenvalue weighted by Crippen LogP contribution is 2.46. The fourth-order valence-electron chi connectivity index (χ4n) is 5.23. The number of rotatable bonds is 9. The fraction of sp³-hybridized carbons (Fsp3) is 0.360. The normalized spacial score (nSPS) is 17.9.